The van der Waals surface area contributed by atoms with E-state index in [1.165, 1.54) is 30.1 Å². The smallest absolute Gasteiger partial charge is 0.354 e. The van der Waals surface area contributed by atoms with Crippen LogP contribution < -0.4 is 5.01 Å². The molecule has 0 unspecified atom stereocenters. The van der Waals surface area contributed by atoms with Crippen molar-refractivity contribution in [2.24, 2.45) is 5.10 Å². The molecule has 1 aromatic carbocycles. The normalized spacial score (nSPS) is 19.8. The quantitative estimate of drug-likeness (QED) is 0.495. The first-order valence-corrected chi connectivity index (χ1v) is 7.24. The minimum Gasteiger partial charge on any atom is -0.479 e. The van der Waals surface area contributed by atoms with Crippen molar-refractivity contribution in [3.63, 3.8) is 0 Å². The number of nitro groups is 1. The molecule has 1 aliphatic heterocycles. The predicted octanol–water partition coefficient (Wildman–Crippen LogP) is 1.88. The van der Waals surface area contributed by atoms with Gasteiger partial charge in [0.05, 0.1) is 17.2 Å². The van der Waals surface area contributed by atoms with Crippen LogP contribution in [0.2, 0.25) is 0 Å². The minimum atomic E-state index is -1.48. The standard InChI is InChI=1S/C15H17N3O6/c1-4-24-13(19)11-8-15(3,14(20)21)17(16-11)12-6-5-10(18(22)23)7-9(12)2/h5-7H,4,8H2,1-3H3,(H,20,21)/t15-/m1/s1. The molecule has 1 heterocycles. The minimum absolute atomic E-state index is 0.000460. The Kier molecular flexibility index (Phi) is 4.54. The van der Waals surface area contributed by atoms with Gasteiger partial charge in [-0.05, 0) is 32.4 Å². The first-order valence-electron chi connectivity index (χ1n) is 7.24. The number of carboxylic acid groups (broad SMARTS) is 1. The lowest BCUT2D eigenvalue weighted by atomic mass is 9.94. The number of carboxylic acids is 1. The number of rotatable bonds is 5. The van der Waals surface area contributed by atoms with E-state index >= 15 is 0 Å². The van der Waals surface area contributed by atoms with Crippen molar-refractivity contribution in [2.45, 2.75) is 32.7 Å². The van der Waals surface area contributed by atoms with E-state index in [4.69, 9.17) is 4.74 Å². The van der Waals surface area contributed by atoms with Gasteiger partial charge in [-0.25, -0.2) is 14.6 Å². The fraction of sp³-hybridized carbons (Fsp3) is 0.400. The third kappa shape index (κ3) is 2.92. The average Bonchev–Trinajstić information content (AvgIpc) is 2.86. The molecule has 0 spiro atoms. The van der Waals surface area contributed by atoms with Crippen LogP contribution in [0.1, 0.15) is 25.8 Å². The number of nitro benzene ring substituents is 1. The molecule has 0 saturated carbocycles. The van der Waals surface area contributed by atoms with Crippen molar-refractivity contribution in [1.82, 2.24) is 0 Å². The Balaban J connectivity index is 2.49. The maximum absolute atomic E-state index is 11.9. The van der Waals surface area contributed by atoms with Crippen molar-refractivity contribution < 1.29 is 24.4 Å². The molecule has 1 N–H and O–H groups in total. The molecule has 2 rings (SSSR count). The summed E-state index contributed by atoms with van der Waals surface area (Å²) in [6, 6.07) is 4.02. The predicted molar refractivity (Wildman–Crippen MR) is 85.0 cm³/mol. The van der Waals surface area contributed by atoms with Gasteiger partial charge in [0, 0.05) is 18.6 Å². The first kappa shape index (κ1) is 17.4. The third-order valence-electron chi connectivity index (χ3n) is 3.79. The van der Waals surface area contributed by atoms with Gasteiger partial charge in [-0.3, -0.25) is 10.1 Å². The number of hydrogen-bond acceptors (Lipinski definition) is 7. The lowest BCUT2D eigenvalue weighted by Gasteiger charge is -2.30. The summed E-state index contributed by atoms with van der Waals surface area (Å²) in [5.41, 5.74) is -0.736. The molecule has 24 heavy (non-hydrogen) atoms. The van der Waals surface area contributed by atoms with Crippen molar-refractivity contribution in [2.75, 3.05) is 11.6 Å². The van der Waals surface area contributed by atoms with Crippen molar-refractivity contribution in [1.29, 1.82) is 0 Å². The van der Waals surface area contributed by atoms with Crippen LogP contribution in [0.15, 0.2) is 23.3 Å². The number of esters is 1. The summed E-state index contributed by atoms with van der Waals surface area (Å²) >= 11 is 0. The number of carbonyl (C=O) groups is 2. The zero-order valence-corrected chi connectivity index (χ0v) is 13.5. The molecule has 1 aromatic rings. The largest absolute Gasteiger partial charge is 0.479 e. The van der Waals surface area contributed by atoms with Crippen molar-refractivity contribution in [3.8, 4) is 0 Å². The molecule has 0 bridgehead atoms. The molecule has 1 atom stereocenters. The molecule has 128 valence electrons. The number of hydrogen-bond donors (Lipinski definition) is 1. The molecule has 9 nitrogen and oxygen atoms in total. The Morgan fingerprint density at radius 3 is 2.67 bits per heavy atom. The second-order valence-electron chi connectivity index (χ2n) is 5.56. The zero-order valence-electron chi connectivity index (χ0n) is 13.5. The summed E-state index contributed by atoms with van der Waals surface area (Å²) in [5, 5.41) is 25.8. The van der Waals surface area contributed by atoms with Crippen LogP contribution in [0.3, 0.4) is 0 Å². The number of nitrogens with zero attached hydrogens (tertiary/aromatic N) is 3. The molecule has 1 aliphatic rings. The fourth-order valence-corrected chi connectivity index (χ4v) is 2.47. The van der Waals surface area contributed by atoms with Gasteiger partial charge < -0.3 is 9.84 Å². The molecule has 9 heteroatoms. The van der Waals surface area contributed by atoms with E-state index in [2.05, 4.69) is 5.10 Å². The third-order valence-corrected chi connectivity index (χ3v) is 3.79. The van der Waals surface area contributed by atoms with E-state index in [0.717, 1.165) is 0 Å². The monoisotopic (exact) mass is 335 g/mol. The Hall–Kier alpha value is -2.97. The van der Waals surface area contributed by atoms with E-state index in [0.29, 0.717) is 11.3 Å². The number of anilines is 1. The lowest BCUT2D eigenvalue weighted by molar-refractivity contribution is -0.384. The second kappa shape index (κ2) is 6.26. The highest BCUT2D eigenvalue weighted by Crippen LogP contribution is 2.36. The summed E-state index contributed by atoms with van der Waals surface area (Å²) in [4.78, 5) is 33.9. The zero-order chi connectivity index (χ0) is 18.1. The van der Waals surface area contributed by atoms with E-state index in [1.54, 1.807) is 13.8 Å². The van der Waals surface area contributed by atoms with E-state index < -0.39 is 22.4 Å². The number of carbonyl (C=O) groups excluding carboxylic acids is 1. The highest BCUT2D eigenvalue weighted by atomic mass is 16.6. The summed E-state index contributed by atoms with van der Waals surface area (Å²) in [7, 11) is 0. The molecule has 0 aromatic heterocycles. The van der Waals surface area contributed by atoms with Crippen LogP contribution in [0.25, 0.3) is 0 Å². The number of non-ortho nitro benzene ring substituents is 1. The van der Waals surface area contributed by atoms with Crippen LogP contribution >= 0.6 is 0 Å². The number of aryl methyl sites for hydroxylation is 1. The van der Waals surface area contributed by atoms with Crippen LogP contribution in [0.4, 0.5) is 11.4 Å². The molecule has 0 aliphatic carbocycles. The van der Waals surface area contributed by atoms with Gasteiger partial charge in [-0.1, -0.05) is 0 Å². The van der Waals surface area contributed by atoms with Crippen molar-refractivity contribution in [3.05, 3.63) is 33.9 Å². The molecule has 0 amide bonds. The highest BCUT2D eigenvalue weighted by Gasteiger charge is 2.48. The summed E-state index contributed by atoms with van der Waals surface area (Å²) < 4.78 is 4.89. The molecule has 0 fully saturated rings. The molecule has 0 saturated heterocycles. The Morgan fingerprint density at radius 2 is 2.17 bits per heavy atom. The summed E-state index contributed by atoms with van der Waals surface area (Å²) in [6.07, 6.45) is -0.127. The van der Waals surface area contributed by atoms with Gasteiger partial charge in [0.15, 0.2) is 5.54 Å². The van der Waals surface area contributed by atoms with Gasteiger partial charge in [0.2, 0.25) is 0 Å². The highest BCUT2D eigenvalue weighted by molar-refractivity contribution is 6.38. The van der Waals surface area contributed by atoms with E-state index in [9.17, 15) is 24.8 Å². The van der Waals surface area contributed by atoms with Gasteiger partial charge >= 0.3 is 11.9 Å². The first-order chi connectivity index (χ1) is 11.2. The van der Waals surface area contributed by atoms with Crippen LogP contribution in [0, 0.1) is 17.0 Å². The van der Waals surface area contributed by atoms with Crippen molar-refractivity contribution >= 4 is 29.0 Å². The lowest BCUT2D eigenvalue weighted by Crippen LogP contribution is -2.47. The van der Waals surface area contributed by atoms with Gasteiger partial charge in [0.25, 0.3) is 5.69 Å². The van der Waals surface area contributed by atoms with E-state index in [-0.39, 0.29) is 24.4 Å². The summed E-state index contributed by atoms with van der Waals surface area (Å²) in [5.74, 6) is -1.84. The fourth-order valence-electron chi connectivity index (χ4n) is 2.47. The van der Waals surface area contributed by atoms with Crippen LogP contribution in [0.5, 0.6) is 0 Å². The molecular formula is C15H17N3O6. The summed E-state index contributed by atoms with van der Waals surface area (Å²) in [6.45, 7) is 4.84. The Labute approximate surface area is 137 Å². The van der Waals surface area contributed by atoms with Crippen LogP contribution in [-0.4, -0.2) is 39.8 Å². The maximum atomic E-state index is 11.9. The molecule has 0 radical (unpaired) electrons. The number of hydrazone groups is 1. The number of benzene rings is 1. The molecular weight excluding hydrogens is 318 g/mol. The number of ether oxygens (including phenoxy) is 1. The SMILES string of the molecule is CCOC(=O)C1=NN(c2ccc([N+](=O)[O-])cc2C)[C@@](C)(C(=O)O)C1. The second-order valence-corrected chi connectivity index (χ2v) is 5.56. The average molecular weight is 335 g/mol. The van der Waals surface area contributed by atoms with Gasteiger partial charge in [-0.2, -0.15) is 5.10 Å². The maximum Gasteiger partial charge on any atom is 0.354 e. The topological polar surface area (TPSA) is 122 Å². The van der Waals surface area contributed by atoms with E-state index in [1.807, 2.05) is 0 Å². The van der Waals surface area contributed by atoms with Gasteiger partial charge in [-0.15, -0.1) is 0 Å². The van der Waals surface area contributed by atoms with Gasteiger partial charge in [0.1, 0.15) is 5.71 Å². The Morgan fingerprint density at radius 1 is 1.50 bits per heavy atom. The Bertz CT molecular complexity index is 745. The van der Waals surface area contributed by atoms with Crippen LogP contribution in [-0.2, 0) is 14.3 Å². The number of aliphatic carboxylic acids is 1.